The highest BCUT2D eigenvalue weighted by Crippen LogP contribution is 2.29. The van der Waals surface area contributed by atoms with Crippen molar-refractivity contribution in [1.29, 1.82) is 0 Å². The van der Waals surface area contributed by atoms with Gasteiger partial charge < -0.3 is 14.6 Å². The molecule has 0 spiro atoms. The summed E-state index contributed by atoms with van der Waals surface area (Å²) in [5.41, 5.74) is 3.37. The number of halogens is 1. The topological polar surface area (TPSA) is 75.5 Å². The molecule has 1 saturated heterocycles. The molecule has 0 atom stereocenters. The van der Waals surface area contributed by atoms with Gasteiger partial charge in [0.15, 0.2) is 11.4 Å². The van der Waals surface area contributed by atoms with Crippen molar-refractivity contribution in [3.05, 3.63) is 59.6 Å². The number of benzene rings is 1. The van der Waals surface area contributed by atoms with Gasteiger partial charge in [-0.05, 0) is 50.1 Å². The number of amides is 1. The predicted molar refractivity (Wildman–Crippen MR) is 110 cm³/mol. The summed E-state index contributed by atoms with van der Waals surface area (Å²) in [5.74, 6) is 1.41. The summed E-state index contributed by atoms with van der Waals surface area (Å²) in [6, 6.07) is 8.25. The van der Waals surface area contributed by atoms with E-state index in [4.69, 9.17) is 4.74 Å². The smallest absolute Gasteiger partial charge is 0.272 e. The number of carbonyl (C=O) groups is 1. The van der Waals surface area contributed by atoms with Crippen LogP contribution in [0.5, 0.6) is 5.75 Å². The Morgan fingerprint density at radius 2 is 2.03 bits per heavy atom. The Balaban J connectivity index is 1.36. The number of piperidine rings is 1. The number of nitrogens with one attached hydrogen (secondary N) is 1. The molecule has 1 N–H and O–H groups in total. The number of nitrogens with zero attached hydrogens (tertiary/aromatic N) is 4. The number of methoxy groups -OCH3 is 1. The van der Waals surface area contributed by atoms with Crippen LogP contribution >= 0.6 is 0 Å². The van der Waals surface area contributed by atoms with Crippen LogP contribution in [0, 0.1) is 12.7 Å². The molecule has 3 aromatic heterocycles. The number of aromatic amines is 1. The number of hydrogen-bond acceptors (Lipinski definition) is 4. The number of H-pyrrole nitrogens is 1. The maximum absolute atomic E-state index is 13.4. The number of imidazole rings is 2. The lowest BCUT2D eigenvalue weighted by atomic mass is 9.96. The first-order chi connectivity index (χ1) is 14.5. The third kappa shape index (κ3) is 2.99. The molecule has 1 amide bonds. The zero-order valence-corrected chi connectivity index (χ0v) is 16.9. The summed E-state index contributed by atoms with van der Waals surface area (Å²) in [4.78, 5) is 27.5. The molecule has 154 valence electrons. The lowest BCUT2D eigenvalue weighted by Gasteiger charge is -2.31. The van der Waals surface area contributed by atoms with E-state index in [2.05, 4.69) is 15.0 Å². The summed E-state index contributed by atoms with van der Waals surface area (Å²) in [5, 5.41) is 0. The first-order valence-electron chi connectivity index (χ1n) is 10.0. The van der Waals surface area contributed by atoms with Gasteiger partial charge in [-0.25, -0.2) is 14.4 Å². The number of hydrogen-bond donors (Lipinski definition) is 1. The summed E-state index contributed by atoms with van der Waals surface area (Å²) < 4.78 is 20.6. The van der Waals surface area contributed by atoms with Gasteiger partial charge in [-0.15, -0.1) is 0 Å². The SMILES string of the molecule is COc1cccn2c(C(=O)N3CCC(c4nc5ccc(F)cc5[nH]4)CC3)c(C)nc12. The lowest BCUT2D eigenvalue weighted by Crippen LogP contribution is -2.39. The Labute approximate surface area is 172 Å². The molecule has 0 saturated carbocycles. The lowest BCUT2D eigenvalue weighted by molar-refractivity contribution is 0.0703. The minimum absolute atomic E-state index is 0.0293. The first-order valence-corrected chi connectivity index (χ1v) is 10.0. The zero-order chi connectivity index (χ0) is 20.8. The van der Waals surface area contributed by atoms with Gasteiger partial charge in [-0.1, -0.05) is 0 Å². The Kier molecular flexibility index (Phi) is 4.42. The van der Waals surface area contributed by atoms with Crippen LogP contribution < -0.4 is 4.74 Å². The van der Waals surface area contributed by atoms with Crippen molar-refractivity contribution in [2.24, 2.45) is 0 Å². The molecule has 8 heteroatoms. The van der Waals surface area contributed by atoms with E-state index in [1.54, 1.807) is 17.6 Å². The Hall–Kier alpha value is -3.42. The highest BCUT2D eigenvalue weighted by atomic mass is 19.1. The molecule has 1 aliphatic rings. The van der Waals surface area contributed by atoms with Gasteiger partial charge in [0.05, 0.1) is 23.8 Å². The van der Waals surface area contributed by atoms with Crippen LogP contribution in [0.1, 0.15) is 40.8 Å². The average molecular weight is 407 g/mol. The molecule has 30 heavy (non-hydrogen) atoms. The number of carbonyl (C=O) groups excluding carboxylic acids is 1. The number of ether oxygens (including phenoxy) is 1. The second-order valence-electron chi connectivity index (χ2n) is 7.67. The van der Waals surface area contributed by atoms with Gasteiger partial charge >= 0.3 is 0 Å². The molecule has 1 aromatic carbocycles. The molecule has 4 heterocycles. The van der Waals surface area contributed by atoms with Crippen molar-refractivity contribution in [1.82, 2.24) is 24.3 Å². The standard InChI is InChI=1S/C22H22FN5O2/c1-13-19(28-9-3-4-18(30-2)21(28)24-13)22(29)27-10-7-14(8-11-27)20-25-16-6-5-15(23)12-17(16)26-20/h3-6,9,12,14H,7-8,10-11H2,1-2H3,(H,25,26). The van der Waals surface area contributed by atoms with Crippen LogP contribution in [0.15, 0.2) is 36.5 Å². The van der Waals surface area contributed by atoms with Crippen molar-refractivity contribution >= 4 is 22.6 Å². The Morgan fingerprint density at radius 3 is 2.80 bits per heavy atom. The molecular formula is C22H22FN5O2. The highest BCUT2D eigenvalue weighted by Gasteiger charge is 2.29. The van der Waals surface area contributed by atoms with Gasteiger partial charge in [-0.3, -0.25) is 9.20 Å². The quantitative estimate of drug-likeness (QED) is 0.562. The molecular weight excluding hydrogens is 385 g/mol. The monoisotopic (exact) mass is 407 g/mol. The van der Waals surface area contributed by atoms with Crippen LogP contribution in [0.2, 0.25) is 0 Å². The molecule has 7 nitrogen and oxygen atoms in total. The Morgan fingerprint density at radius 1 is 1.23 bits per heavy atom. The molecule has 1 aliphatic heterocycles. The number of aromatic nitrogens is 4. The van der Waals surface area contributed by atoms with E-state index in [9.17, 15) is 9.18 Å². The van der Waals surface area contributed by atoms with Crippen molar-refractivity contribution in [2.75, 3.05) is 20.2 Å². The summed E-state index contributed by atoms with van der Waals surface area (Å²) in [6.07, 6.45) is 3.44. The summed E-state index contributed by atoms with van der Waals surface area (Å²) >= 11 is 0. The van der Waals surface area contributed by atoms with Gasteiger partial charge in [0, 0.05) is 25.2 Å². The number of rotatable bonds is 3. The molecule has 1 fully saturated rings. The van der Waals surface area contributed by atoms with Crippen molar-refractivity contribution in [3.8, 4) is 5.75 Å². The average Bonchev–Trinajstić information content (AvgIpc) is 3.33. The van der Waals surface area contributed by atoms with Crippen LogP contribution in [0.4, 0.5) is 4.39 Å². The van der Waals surface area contributed by atoms with Crippen LogP contribution in [0.25, 0.3) is 16.7 Å². The second kappa shape index (κ2) is 7.12. The van der Waals surface area contributed by atoms with Gasteiger partial charge in [0.25, 0.3) is 5.91 Å². The fourth-order valence-corrected chi connectivity index (χ4v) is 4.27. The predicted octanol–water partition coefficient (Wildman–Crippen LogP) is 3.69. The van der Waals surface area contributed by atoms with Crippen LogP contribution in [0.3, 0.4) is 0 Å². The van der Waals surface area contributed by atoms with E-state index >= 15 is 0 Å². The minimum Gasteiger partial charge on any atom is -0.493 e. The second-order valence-corrected chi connectivity index (χ2v) is 7.67. The molecule has 0 bridgehead atoms. The number of fused-ring (bicyclic) bond motifs is 2. The number of likely N-dealkylation sites (tertiary alicyclic amines) is 1. The van der Waals surface area contributed by atoms with E-state index in [0.29, 0.717) is 41.4 Å². The van der Waals surface area contributed by atoms with E-state index in [-0.39, 0.29) is 17.6 Å². The molecule has 5 rings (SSSR count). The van der Waals surface area contributed by atoms with Gasteiger partial charge in [0.1, 0.15) is 17.3 Å². The molecule has 0 unspecified atom stereocenters. The van der Waals surface area contributed by atoms with Crippen molar-refractivity contribution in [3.63, 3.8) is 0 Å². The first kappa shape index (κ1) is 18.6. The highest BCUT2D eigenvalue weighted by molar-refractivity contribution is 5.95. The zero-order valence-electron chi connectivity index (χ0n) is 16.9. The maximum Gasteiger partial charge on any atom is 0.272 e. The number of pyridine rings is 1. The molecule has 0 aliphatic carbocycles. The normalized spacial score (nSPS) is 15.2. The third-order valence-electron chi connectivity index (χ3n) is 5.84. The minimum atomic E-state index is -0.279. The van der Waals surface area contributed by atoms with Crippen molar-refractivity contribution < 1.29 is 13.9 Å². The van der Waals surface area contributed by atoms with Crippen molar-refractivity contribution in [2.45, 2.75) is 25.7 Å². The van der Waals surface area contributed by atoms with Crippen LogP contribution in [-0.2, 0) is 0 Å². The fourth-order valence-electron chi connectivity index (χ4n) is 4.27. The van der Waals surface area contributed by atoms with E-state index in [1.165, 1.54) is 12.1 Å². The summed E-state index contributed by atoms with van der Waals surface area (Å²) in [7, 11) is 1.60. The molecule has 4 aromatic rings. The summed E-state index contributed by atoms with van der Waals surface area (Å²) in [6.45, 7) is 3.11. The van der Waals surface area contributed by atoms with Gasteiger partial charge in [-0.2, -0.15) is 0 Å². The van der Waals surface area contributed by atoms with E-state index < -0.39 is 0 Å². The largest absolute Gasteiger partial charge is 0.493 e. The van der Waals surface area contributed by atoms with Crippen LogP contribution in [-0.4, -0.2) is 50.4 Å². The van der Waals surface area contributed by atoms with Gasteiger partial charge in [0.2, 0.25) is 0 Å². The fraction of sp³-hybridized carbons (Fsp3) is 0.318. The maximum atomic E-state index is 13.4. The molecule has 0 radical (unpaired) electrons. The van der Waals surface area contributed by atoms with E-state index in [1.807, 2.05) is 30.2 Å². The Bertz CT molecular complexity index is 1250. The van der Waals surface area contributed by atoms with E-state index in [0.717, 1.165) is 24.2 Å². The number of aryl methyl sites for hydroxylation is 1. The third-order valence-corrected chi connectivity index (χ3v) is 5.84.